The number of nitrogens with two attached hydrogens (primary N) is 1. The number of rotatable bonds is 5. The van der Waals surface area contributed by atoms with E-state index >= 15 is 0 Å². The van der Waals surface area contributed by atoms with Crippen molar-refractivity contribution in [2.45, 2.75) is 31.7 Å². The second kappa shape index (κ2) is 5.73. The van der Waals surface area contributed by atoms with Crippen molar-refractivity contribution in [3.8, 4) is 0 Å². The van der Waals surface area contributed by atoms with Crippen LogP contribution in [0.5, 0.6) is 0 Å². The van der Waals surface area contributed by atoms with E-state index in [2.05, 4.69) is 5.32 Å². The molecule has 1 aromatic rings. The predicted octanol–water partition coefficient (Wildman–Crippen LogP) is 0.234. The number of nitrogens with one attached hydrogen (secondary N) is 1. The van der Waals surface area contributed by atoms with Crippen LogP contribution in [0.15, 0.2) is 18.2 Å². The summed E-state index contributed by atoms with van der Waals surface area (Å²) in [6, 6.07) is 4.04. The topological polar surface area (TPSA) is 109 Å². The molecule has 0 spiro atoms. The Morgan fingerprint density at radius 1 is 1.25 bits per heavy atom. The summed E-state index contributed by atoms with van der Waals surface area (Å²) in [5, 5.41) is 11.3. The second-order valence-electron chi connectivity index (χ2n) is 4.87. The van der Waals surface area contributed by atoms with E-state index in [1.165, 1.54) is 5.56 Å². The fourth-order valence-corrected chi connectivity index (χ4v) is 2.36. The summed E-state index contributed by atoms with van der Waals surface area (Å²) in [4.78, 5) is 33.8. The van der Waals surface area contributed by atoms with Gasteiger partial charge in [0.1, 0.15) is 6.04 Å². The molecule has 106 valence electrons. The molecule has 6 heteroatoms. The van der Waals surface area contributed by atoms with Crippen molar-refractivity contribution in [2.75, 3.05) is 0 Å². The van der Waals surface area contributed by atoms with Crippen LogP contribution in [0.2, 0.25) is 0 Å². The highest BCUT2D eigenvalue weighted by Gasteiger charge is 2.23. The summed E-state index contributed by atoms with van der Waals surface area (Å²) in [7, 11) is 0. The van der Waals surface area contributed by atoms with E-state index < -0.39 is 30.2 Å². The minimum absolute atomic E-state index is 0.404. The molecule has 0 saturated carbocycles. The van der Waals surface area contributed by atoms with Gasteiger partial charge in [0.25, 0.3) is 5.91 Å². The van der Waals surface area contributed by atoms with Gasteiger partial charge in [-0.3, -0.25) is 9.59 Å². The zero-order valence-electron chi connectivity index (χ0n) is 10.9. The first-order chi connectivity index (χ1) is 9.47. The number of carbonyl (C=O) groups is 3. The van der Waals surface area contributed by atoms with Crippen molar-refractivity contribution >= 4 is 17.8 Å². The van der Waals surface area contributed by atoms with Crippen molar-refractivity contribution in [3.63, 3.8) is 0 Å². The molecule has 1 atom stereocenters. The number of hydrogen-bond acceptors (Lipinski definition) is 3. The van der Waals surface area contributed by atoms with Gasteiger partial charge in [0, 0.05) is 5.56 Å². The van der Waals surface area contributed by atoms with E-state index in [1.807, 2.05) is 6.07 Å². The van der Waals surface area contributed by atoms with Gasteiger partial charge in [0.05, 0.1) is 6.42 Å². The molecule has 20 heavy (non-hydrogen) atoms. The largest absolute Gasteiger partial charge is 0.480 e. The Hall–Kier alpha value is -2.37. The Labute approximate surface area is 116 Å². The normalized spacial score (nSPS) is 14.4. The number of aryl methyl sites for hydroxylation is 2. The molecule has 1 aliphatic carbocycles. The van der Waals surface area contributed by atoms with Gasteiger partial charge in [-0.05, 0) is 42.5 Å². The summed E-state index contributed by atoms with van der Waals surface area (Å²) < 4.78 is 0. The number of carbonyl (C=O) groups excluding carboxylic acids is 2. The van der Waals surface area contributed by atoms with E-state index in [4.69, 9.17) is 10.8 Å². The monoisotopic (exact) mass is 276 g/mol. The lowest BCUT2D eigenvalue weighted by atomic mass is 10.1. The molecule has 0 fully saturated rings. The molecule has 0 bridgehead atoms. The molecule has 0 aromatic heterocycles. The summed E-state index contributed by atoms with van der Waals surface area (Å²) in [6.45, 7) is 0. The van der Waals surface area contributed by atoms with Gasteiger partial charge >= 0.3 is 5.97 Å². The molecule has 2 amide bonds. The van der Waals surface area contributed by atoms with Gasteiger partial charge in [0.2, 0.25) is 5.91 Å². The number of carboxylic acids is 1. The molecule has 0 radical (unpaired) electrons. The first-order valence-electron chi connectivity index (χ1n) is 6.41. The van der Waals surface area contributed by atoms with Crippen LogP contribution in [0.1, 0.15) is 34.3 Å². The molecule has 1 unspecified atom stereocenters. The van der Waals surface area contributed by atoms with Gasteiger partial charge < -0.3 is 16.2 Å². The number of carboxylic acid groups (broad SMARTS) is 1. The van der Waals surface area contributed by atoms with E-state index in [0.717, 1.165) is 24.8 Å². The standard InChI is InChI=1S/C14H16N2O4/c15-12(17)7-11(14(19)20)16-13(18)10-5-4-8-2-1-3-9(8)6-10/h4-6,11H,1-3,7H2,(H2,15,17)(H,16,18)(H,19,20). The van der Waals surface area contributed by atoms with Crippen molar-refractivity contribution in [3.05, 3.63) is 34.9 Å². The number of benzene rings is 1. The molecular weight excluding hydrogens is 260 g/mol. The quantitative estimate of drug-likeness (QED) is 0.715. The number of fused-ring (bicyclic) bond motifs is 1. The molecule has 4 N–H and O–H groups in total. The van der Waals surface area contributed by atoms with Crippen LogP contribution >= 0.6 is 0 Å². The van der Waals surface area contributed by atoms with Crippen LogP contribution in [0.4, 0.5) is 0 Å². The molecule has 1 aromatic carbocycles. The number of aliphatic carboxylic acids is 1. The van der Waals surface area contributed by atoms with E-state index in [-0.39, 0.29) is 0 Å². The molecule has 6 nitrogen and oxygen atoms in total. The Morgan fingerprint density at radius 3 is 2.60 bits per heavy atom. The van der Waals surface area contributed by atoms with Gasteiger partial charge in [-0.2, -0.15) is 0 Å². The van der Waals surface area contributed by atoms with Gasteiger partial charge in [-0.25, -0.2) is 4.79 Å². The SMILES string of the molecule is NC(=O)CC(NC(=O)c1ccc2c(c1)CCC2)C(=O)O. The highest BCUT2D eigenvalue weighted by atomic mass is 16.4. The smallest absolute Gasteiger partial charge is 0.326 e. The molecule has 0 saturated heterocycles. The van der Waals surface area contributed by atoms with Gasteiger partial charge in [-0.1, -0.05) is 6.07 Å². The zero-order chi connectivity index (χ0) is 14.7. The fraction of sp³-hybridized carbons (Fsp3) is 0.357. The molecule has 0 aliphatic heterocycles. The van der Waals surface area contributed by atoms with Crippen molar-refractivity contribution in [2.24, 2.45) is 5.73 Å². The van der Waals surface area contributed by atoms with E-state index in [1.54, 1.807) is 12.1 Å². The predicted molar refractivity (Wildman–Crippen MR) is 71.2 cm³/mol. The highest BCUT2D eigenvalue weighted by Crippen LogP contribution is 2.22. The summed E-state index contributed by atoms with van der Waals surface area (Å²) in [5.74, 6) is -2.56. The zero-order valence-corrected chi connectivity index (χ0v) is 10.9. The Bertz CT molecular complexity index is 568. The summed E-state index contributed by atoms with van der Waals surface area (Å²) >= 11 is 0. The highest BCUT2D eigenvalue weighted by molar-refractivity contribution is 5.97. The van der Waals surface area contributed by atoms with Crippen LogP contribution in [-0.2, 0) is 22.4 Å². The van der Waals surface area contributed by atoms with Crippen LogP contribution in [-0.4, -0.2) is 28.9 Å². The van der Waals surface area contributed by atoms with Crippen molar-refractivity contribution in [1.29, 1.82) is 0 Å². The lowest BCUT2D eigenvalue weighted by molar-refractivity contribution is -0.140. The third kappa shape index (κ3) is 3.14. The van der Waals surface area contributed by atoms with Crippen molar-refractivity contribution < 1.29 is 19.5 Å². The van der Waals surface area contributed by atoms with Crippen LogP contribution in [0.3, 0.4) is 0 Å². The summed E-state index contributed by atoms with van der Waals surface area (Å²) in [6.07, 6.45) is 2.59. The second-order valence-corrected chi connectivity index (χ2v) is 4.87. The minimum Gasteiger partial charge on any atom is -0.480 e. The van der Waals surface area contributed by atoms with Gasteiger partial charge in [-0.15, -0.1) is 0 Å². The average molecular weight is 276 g/mol. The van der Waals surface area contributed by atoms with Crippen LogP contribution < -0.4 is 11.1 Å². The summed E-state index contributed by atoms with van der Waals surface area (Å²) in [5.41, 5.74) is 7.72. The Morgan fingerprint density at radius 2 is 1.95 bits per heavy atom. The van der Waals surface area contributed by atoms with Crippen LogP contribution in [0, 0.1) is 0 Å². The maximum Gasteiger partial charge on any atom is 0.326 e. The lowest BCUT2D eigenvalue weighted by Gasteiger charge is -2.13. The van der Waals surface area contributed by atoms with E-state index in [0.29, 0.717) is 5.56 Å². The van der Waals surface area contributed by atoms with Crippen LogP contribution in [0.25, 0.3) is 0 Å². The molecular formula is C14H16N2O4. The van der Waals surface area contributed by atoms with E-state index in [9.17, 15) is 14.4 Å². The average Bonchev–Trinajstić information content (AvgIpc) is 2.84. The number of amides is 2. The first kappa shape index (κ1) is 14.0. The fourth-order valence-electron chi connectivity index (χ4n) is 2.36. The first-order valence-corrected chi connectivity index (χ1v) is 6.41. The maximum absolute atomic E-state index is 12.0. The third-order valence-corrected chi connectivity index (χ3v) is 3.37. The molecule has 1 aliphatic rings. The minimum atomic E-state index is -1.30. The maximum atomic E-state index is 12.0. The molecule has 2 rings (SSSR count). The number of primary amides is 1. The van der Waals surface area contributed by atoms with Gasteiger partial charge in [0.15, 0.2) is 0 Å². The Kier molecular flexibility index (Phi) is 4.02. The Balaban J connectivity index is 2.10. The molecule has 0 heterocycles. The third-order valence-electron chi connectivity index (χ3n) is 3.37. The lowest BCUT2D eigenvalue weighted by Crippen LogP contribution is -2.43. The number of hydrogen-bond donors (Lipinski definition) is 3. The van der Waals surface area contributed by atoms with Crippen molar-refractivity contribution in [1.82, 2.24) is 5.32 Å².